The van der Waals surface area contributed by atoms with Crippen LogP contribution >= 0.6 is 0 Å². The molecule has 1 heterocycles. The van der Waals surface area contributed by atoms with Gasteiger partial charge in [-0.1, -0.05) is 19.1 Å². The first kappa shape index (κ1) is 11.0. The van der Waals surface area contributed by atoms with Gasteiger partial charge in [-0.2, -0.15) is 5.26 Å². The maximum absolute atomic E-state index is 8.56. The third-order valence-electron chi connectivity index (χ3n) is 2.86. The van der Waals surface area contributed by atoms with Gasteiger partial charge in [-0.05, 0) is 17.7 Å². The van der Waals surface area contributed by atoms with Crippen LogP contribution in [0.25, 0.3) is 0 Å². The van der Waals surface area contributed by atoms with Crippen molar-refractivity contribution in [3.63, 3.8) is 0 Å². The van der Waals surface area contributed by atoms with Gasteiger partial charge in [0.1, 0.15) is 0 Å². The highest BCUT2D eigenvalue weighted by Gasteiger charge is 2.32. The Hall–Kier alpha value is -1.53. The number of anilines is 1. The highest BCUT2D eigenvalue weighted by molar-refractivity contribution is 5.45. The zero-order valence-electron chi connectivity index (χ0n) is 9.49. The zero-order chi connectivity index (χ0) is 11.4. The van der Waals surface area contributed by atoms with Crippen molar-refractivity contribution in [1.82, 2.24) is 0 Å². The number of hydrogen-bond acceptors (Lipinski definition) is 3. The number of nitrogens with one attached hydrogen (secondary N) is 1. The summed E-state index contributed by atoms with van der Waals surface area (Å²) < 4.78 is 5.20. The fourth-order valence-corrected chi connectivity index (χ4v) is 1.70. The molecule has 1 aromatic carbocycles. The smallest absolute Gasteiger partial charge is 0.0669 e. The molecule has 0 spiro atoms. The lowest BCUT2D eigenvalue weighted by Crippen LogP contribution is -2.45. The highest BCUT2D eigenvalue weighted by atomic mass is 16.5. The fraction of sp³-hybridized carbons (Fsp3) is 0.462. The van der Waals surface area contributed by atoms with E-state index in [1.165, 1.54) is 0 Å². The number of nitriles is 1. The Morgan fingerprint density at radius 3 is 2.56 bits per heavy atom. The van der Waals surface area contributed by atoms with Crippen molar-refractivity contribution in [3.8, 4) is 6.07 Å². The van der Waals surface area contributed by atoms with Crippen LogP contribution in [0.2, 0.25) is 0 Å². The fourth-order valence-electron chi connectivity index (χ4n) is 1.70. The third kappa shape index (κ3) is 2.53. The van der Waals surface area contributed by atoms with Crippen LogP contribution in [0.4, 0.5) is 5.69 Å². The number of nitrogens with zero attached hydrogens (tertiary/aromatic N) is 1. The topological polar surface area (TPSA) is 45.0 Å². The van der Waals surface area contributed by atoms with E-state index < -0.39 is 0 Å². The third-order valence-corrected chi connectivity index (χ3v) is 2.86. The van der Waals surface area contributed by atoms with Crippen molar-refractivity contribution in [1.29, 1.82) is 5.26 Å². The molecule has 1 fully saturated rings. The Kier molecular flexibility index (Phi) is 3.12. The molecule has 0 radical (unpaired) electrons. The van der Waals surface area contributed by atoms with E-state index in [1.807, 2.05) is 24.3 Å². The lowest BCUT2D eigenvalue weighted by atomic mass is 9.88. The van der Waals surface area contributed by atoms with E-state index in [2.05, 4.69) is 18.3 Å². The monoisotopic (exact) mass is 216 g/mol. The molecule has 1 saturated heterocycles. The Labute approximate surface area is 96.0 Å². The van der Waals surface area contributed by atoms with E-state index in [1.54, 1.807) is 0 Å². The predicted octanol–water partition coefficient (Wildman–Crippen LogP) is 2.20. The minimum Gasteiger partial charge on any atom is -0.384 e. The molecule has 0 aromatic heterocycles. The molecule has 0 unspecified atom stereocenters. The van der Waals surface area contributed by atoms with Gasteiger partial charge in [0.2, 0.25) is 0 Å². The van der Waals surface area contributed by atoms with Gasteiger partial charge in [-0.15, -0.1) is 0 Å². The second kappa shape index (κ2) is 4.54. The first-order valence-corrected chi connectivity index (χ1v) is 5.49. The quantitative estimate of drug-likeness (QED) is 0.839. The van der Waals surface area contributed by atoms with Crippen LogP contribution in [0.1, 0.15) is 12.5 Å². The Bertz CT molecular complexity index is 387. The number of benzene rings is 1. The molecule has 2 rings (SSSR count). The molecular formula is C13H16N2O. The molecule has 1 aromatic rings. The molecule has 0 atom stereocenters. The largest absolute Gasteiger partial charge is 0.384 e. The van der Waals surface area contributed by atoms with E-state index >= 15 is 0 Å². The van der Waals surface area contributed by atoms with Crippen LogP contribution < -0.4 is 5.32 Å². The maximum Gasteiger partial charge on any atom is 0.0669 e. The van der Waals surface area contributed by atoms with Gasteiger partial charge in [-0.3, -0.25) is 0 Å². The summed E-state index contributed by atoms with van der Waals surface area (Å²) in [5, 5.41) is 12.0. The molecule has 1 aliphatic rings. The first-order chi connectivity index (χ1) is 7.72. The Morgan fingerprint density at radius 2 is 2.06 bits per heavy atom. The summed E-state index contributed by atoms with van der Waals surface area (Å²) in [7, 11) is 0. The summed E-state index contributed by atoms with van der Waals surface area (Å²) in [4.78, 5) is 0. The second-order valence-corrected chi connectivity index (χ2v) is 4.69. The first-order valence-electron chi connectivity index (χ1n) is 5.49. The molecule has 0 aliphatic carbocycles. The standard InChI is InChI=1S/C13H16N2O/c1-13(9-16-10-13)8-15-12-4-2-11(3-5-12)6-7-14/h2-5,15H,6,8-10H2,1H3. The van der Waals surface area contributed by atoms with E-state index in [9.17, 15) is 0 Å². The molecule has 3 heteroatoms. The summed E-state index contributed by atoms with van der Waals surface area (Å²) >= 11 is 0. The van der Waals surface area contributed by atoms with Gasteiger partial charge in [0.05, 0.1) is 25.7 Å². The highest BCUT2D eigenvalue weighted by Crippen LogP contribution is 2.26. The average Bonchev–Trinajstić information content (AvgIpc) is 2.26. The van der Waals surface area contributed by atoms with Gasteiger partial charge in [0, 0.05) is 17.6 Å². The summed E-state index contributed by atoms with van der Waals surface area (Å²) in [6.45, 7) is 4.83. The summed E-state index contributed by atoms with van der Waals surface area (Å²) in [6.07, 6.45) is 0.478. The van der Waals surface area contributed by atoms with Crippen molar-refractivity contribution in [2.75, 3.05) is 25.1 Å². The molecule has 84 valence electrons. The molecule has 0 amide bonds. The lowest BCUT2D eigenvalue weighted by Gasteiger charge is -2.38. The molecule has 0 bridgehead atoms. The number of ether oxygens (including phenoxy) is 1. The van der Waals surface area contributed by atoms with Crippen molar-refractivity contribution < 1.29 is 4.74 Å². The maximum atomic E-state index is 8.56. The zero-order valence-corrected chi connectivity index (χ0v) is 9.49. The molecular weight excluding hydrogens is 200 g/mol. The van der Waals surface area contributed by atoms with Crippen molar-refractivity contribution >= 4 is 5.69 Å². The van der Waals surface area contributed by atoms with Crippen LogP contribution in [0.3, 0.4) is 0 Å². The van der Waals surface area contributed by atoms with Crippen LogP contribution in [0.5, 0.6) is 0 Å². The summed E-state index contributed by atoms with van der Waals surface area (Å²) in [5.74, 6) is 0. The predicted molar refractivity (Wildman–Crippen MR) is 63.2 cm³/mol. The summed E-state index contributed by atoms with van der Waals surface area (Å²) in [6, 6.07) is 10.2. The van der Waals surface area contributed by atoms with Crippen LogP contribution in [-0.4, -0.2) is 19.8 Å². The van der Waals surface area contributed by atoms with Gasteiger partial charge in [-0.25, -0.2) is 0 Å². The van der Waals surface area contributed by atoms with Crippen LogP contribution in [-0.2, 0) is 11.2 Å². The number of hydrogen-bond donors (Lipinski definition) is 1. The molecule has 1 N–H and O–H groups in total. The average molecular weight is 216 g/mol. The van der Waals surface area contributed by atoms with Gasteiger partial charge in [0.25, 0.3) is 0 Å². The number of rotatable bonds is 4. The minimum absolute atomic E-state index is 0.283. The Balaban J connectivity index is 1.88. The lowest BCUT2D eigenvalue weighted by molar-refractivity contribution is -0.0924. The Morgan fingerprint density at radius 1 is 1.38 bits per heavy atom. The van der Waals surface area contributed by atoms with Crippen molar-refractivity contribution in [2.45, 2.75) is 13.3 Å². The van der Waals surface area contributed by atoms with E-state index in [0.29, 0.717) is 6.42 Å². The second-order valence-electron chi connectivity index (χ2n) is 4.69. The van der Waals surface area contributed by atoms with E-state index in [-0.39, 0.29) is 5.41 Å². The van der Waals surface area contributed by atoms with Crippen molar-refractivity contribution in [3.05, 3.63) is 29.8 Å². The van der Waals surface area contributed by atoms with Gasteiger partial charge >= 0.3 is 0 Å². The van der Waals surface area contributed by atoms with Crippen LogP contribution in [0, 0.1) is 16.7 Å². The molecule has 3 nitrogen and oxygen atoms in total. The minimum atomic E-state index is 0.283. The van der Waals surface area contributed by atoms with Crippen molar-refractivity contribution in [2.24, 2.45) is 5.41 Å². The molecule has 0 saturated carbocycles. The van der Waals surface area contributed by atoms with Gasteiger partial charge in [0.15, 0.2) is 0 Å². The van der Waals surface area contributed by atoms with E-state index in [4.69, 9.17) is 10.00 Å². The van der Waals surface area contributed by atoms with E-state index in [0.717, 1.165) is 31.0 Å². The van der Waals surface area contributed by atoms with Crippen LogP contribution in [0.15, 0.2) is 24.3 Å². The normalized spacial score (nSPS) is 17.2. The summed E-state index contributed by atoms with van der Waals surface area (Å²) in [5.41, 5.74) is 2.45. The van der Waals surface area contributed by atoms with Gasteiger partial charge < -0.3 is 10.1 Å². The molecule has 16 heavy (non-hydrogen) atoms. The SMILES string of the molecule is CC1(CNc2ccc(CC#N)cc2)COC1. The molecule has 1 aliphatic heterocycles.